The fraction of sp³-hybridized carbons (Fsp3) is 0.483. The second-order valence-corrected chi connectivity index (χ2v) is 13.7. The lowest BCUT2D eigenvalue weighted by Crippen LogP contribution is -2.39. The Morgan fingerprint density at radius 3 is 2.44 bits per heavy atom. The first-order chi connectivity index (χ1) is 19.3. The lowest BCUT2D eigenvalue weighted by atomic mass is 9.68. The Balaban J connectivity index is 1.91. The second kappa shape index (κ2) is 14.4. The van der Waals surface area contributed by atoms with Crippen molar-refractivity contribution in [2.75, 3.05) is 17.6 Å². The first-order valence-electron chi connectivity index (χ1n) is 13.7. The van der Waals surface area contributed by atoms with Crippen molar-refractivity contribution in [1.29, 1.82) is 0 Å². The molecule has 4 N–H and O–H groups in total. The highest BCUT2D eigenvalue weighted by atomic mass is 32.2. The van der Waals surface area contributed by atoms with Crippen LogP contribution in [-0.2, 0) is 25.0 Å². The molecular weight excluding hydrogens is 568 g/mol. The van der Waals surface area contributed by atoms with Gasteiger partial charge in [-0.25, -0.2) is 0 Å². The van der Waals surface area contributed by atoms with Gasteiger partial charge in [0.15, 0.2) is 6.08 Å². The third-order valence-corrected chi connectivity index (χ3v) is 9.48. The Hall–Kier alpha value is -2.86. The molecule has 2 aliphatic rings. The summed E-state index contributed by atoms with van der Waals surface area (Å²) < 4.78 is 66.8. The summed E-state index contributed by atoms with van der Waals surface area (Å²) in [5.74, 6) is -1.86. The van der Waals surface area contributed by atoms with Crippen molar-refractivity contribution in [2.24, 2.45) is 11.3 Å². The third kappa shape index (κ3) is 9.32. The van der Waals surface area contributed by atoms with E-state index in [1.807, 2.05) is 61.6 Å². The quantitative estimate of drug-likeness (QED) is 0.0898. The molecule has 224 valence electrons. The average Bonchev–Trinajstić information content (AvgIpc) is 3.13. The number of anilines is 1. The number of aliphatic carboxylic acids is 1. The molecule has 1 saturated heterocycles. The Kier molecular flexibility index (Phi) is 11.4. The minimum Gasteiger partial charge on any atom is -0.481 e. The molecule has 0 saturated carbocycles. The molecule has 1 aliphatic heterocycles. The zero-order chi connectivity index (χ0) is 30.1. The number of unbranched alkanes of at least 4 members (excludes halogenated alkanes) is 3. The van der Waals surface area contributed by atoms with Crippen LogP contribution in [0, 0.1) is 17.4 Å². The van der Waals surface area contributed by atoms with Crippen LogP contribution in [-0.4, -0.2) is 66.3 Å². The van der Waals surface area contributed by atoms with E-state index < -0.39 is 43.6 Å². The van der Waals surface area contributed by atoms with Crippen molar-refractivity contribution in [1.82, 2.24) is 4.90 Å². The van der Waals surface area contributed by atoms with Crippen LogP contribution in [0.1, 0.15) is 51.9 Å². The summed E-state index contributed by atoms with van der Waals surface area (Å²) in [6, 6.07) is 8.91. The lowest BCUT2D eigenvalue weighted by Gasteiger charge is -2.36. The molecule has 1 aromatic carbocycles. The number of likely N-dealkylation sites (tertiary alicyclic amines) is 1. The molecule has 1 heterocycles. The molecule has 12 heteroatoms. The summed E-state index contributed by atoms with van der Waals surface area (Å²) in [4.78, 5) is 12.9. The average molecular weight is 608 g/mol. The summed E-state index contributed by atoms with van der Waals surface area (Å²) >= 11 is 0. The molecule has 1 fully saturated rings. The van der Waals surface area contributed by atoms with E-state index in [4.69, 9.17) is 9.66 Å². The number of fused-ring (bicyclic) bond motifs is 1. The summed E-state index contributed by atoms with van der Waals surface area (Å²) in [6.07, 6.45) is 16.7. The van der Waals surface area contributed by atoms with Gasteiger partial charge in [0.05, 0.1) is 17.7 Å². The number of nitrogens with one attached hydrogen (secondary N) is 1. The number of allylic oxidation sites excluding steroid dienone is 4. The molecule has 41 heavy (non-hydrogen) atoms. The minimum absolute atomic E-state index is 0.0535. The highest BCUT2D eigenvalue weighted by molar-refractivity contribution is 7.89. The van der Waals surface area contributed by atoms with Gasteiger partial charge < -0.3 is 10.4 Å². The van der Waals surface area contributed by atoms with Crippen LogP contribution < -0.4 is 5.32 Å². The number of carboxylic acids is 1. The van der Waals surface area contributed by atoms with Crippen molar-refractivity contribution in [3.63, 3.8) is 0 Å². The minimum atomic E-state index is -4.56. The monoisotopic (exact) mass is 607 g/mol. The van der Waals surface area contributed by atoms with Gasteiger partial charge >= 0.3 is 16.1 Å². The largest absolute Gasteiger partial charge is 0.481 e. The molecular formula is C29H39N2O8S2+. The smallest absolute Gasteiger partial charge is 0.319 e. The van der Waals surface area contributed by atoms with Gasteiger partial charge in [-0.2, -0.15) is 16.8 Å². The predicted octanol–water partition coefficient (Wildman–Crippen LogP) is 4.69. The predicted molar refractivity (Wildman–Crippen MR) is 158 cm³/mol. The Morgan fingerprint density at radius 2 is 1.78 bits per heavy atom. The van der Waals surface area contributed by atoms with E-state index in [0.29, 0.717) is 38.6 Å². The van der Waals surface area contributed by atoms with E-state index >= 15 is 0 Å². The fourth-order valence-corrected chi connectivity index (χ4v) is 7.44. The highest BCUT2D eigenvalue weighted by Gasteiger charge is 2.61. The van der Waals surface area contributed by atoms with Crippen LogP contribution in [0.3, 0.4) is 0 Å². The molecule has 0 aromatic heterocycles. The molecule has 0 spiro atoms. The highest BCUT2D eigenvalue weighted by Crippen LogP contribution is 2.54. The van der Waals surface area contributed by atoms with Gasteiger partial charge in [0, 0.05) is 36.3 Å². The molecule has 1 aromatic rings. The number of nitrogens with zero attached hydrogens (tertiary/aromatic N) is 1. The molecule has 10 nitrogen and oxygen atoms in total. The number of para-hydroxylation sites is 1. The van der Waals surface area contributed by atoms with Gasteiger partial charge in [0.1, 0.15) is 12.1 Å². The van der Waals surface area contributed by atoms with Crippen molar-refractivity contribution >= 4 is 31.9 Å². The summed E-state index contributed by atoms with van der Waals surface area (Å²) in [6.45, 7) is 2.41. The van der Waals surface area contributed by atoms with E-state index in [1.54, 1.807) is 6.20 Å². The molecule has 0 amide bonds. The zero-order valence-corrected chi connectivity index (χ0v) is 24.7. The van der Waals surface area contributed by atoms with E-state index in [9.17, 15) is 26.2 Å². The lowest BCUT2D eigenvalue weighted by molar-refractivity contribution is -0.137. The first-order valence-corrected chi connectivity index (χ1v) is 16.7. The molecule has 0 bridgehead atoms. The Bertz CT molecular complexity index is 1370. The summed E-state index contributed by atoms with van der Waals surface area (Å²) in [5.41, 5.74) is 0.233. The maximum Gasteiger partial charge on any atom is 0.319 e. The van der Waals surface area contributed by atoms with Gasteiger partial charge in [0.25, 0.3) is 10.1 Å². The standard InChI is InChI=1S/C29H38N2O8S2/c1-29(19-8-3-6-18-27(32)33)26(17-7-9-20-30-23-13-4-2-5-14-23)31(21-10-11-22-40(34,35)36)24-15-12-16-25(28(24)29)41(37,38)39/h2,4-5,7,9,12-15,17,20,24,26,28,30H,3,6,8,10-11,18-19,21-22H2,1H3,(H2-,32,33,34,35,36,37,38,39)/p+1. The van der Waals surface area contributed by atoms with Crippen molar-refractivity contribution in [3.05, 3.63) is 77.9 Å². The number of hydrogen-bond donors (Lipinski definition) is 4. The molecule has 3 rings (SSSR count). The van der Waals surface area contributed by atoms with Gasteiger partial charge in [-0.3, -0.25) is 18.8 Å². The SMILES string of the molecule is CC1(CCCCCC(=O)O)C2C(S(=O)(=O)O)=[C+]C=CC2N(CCCCS(=O)(=O)O)C1C=CC=CNc1ccccc1. The van der Waals surface area contributed by atoms with Crippen LogP contribution in [0.5, 0.6) is 0 Å². The molecule has 0 radical (unpaired) electrons. The van der Waals surface area contributed by atoms with Gasteiger partial charge in [-0.15, -0.1) is 0 Å². The van der Waals surface area contributed by atoms with Gasteiger partial charge in [0.2, 0.25) is 4.91 Å². The van der Waals surface area contributed by atoms with Crippen LogP contribution in [0.2, 0.25) is 0 Å². The third-order valence-electron chi connectivity index (χ3n) is 7.75. The van der Waals surface area contributed by atoms with Gasteiger partial charge in [-0.1, -0.05) is 50.1 Å². The summed E-state index contributed by atoms with van der Waals surface area (Å²) in [5, 5.41) is 12.2. The number of carbonyl (C=O) groups is 1. The fourth-order valence-electron chi connectivity index (χ4n) is 5.92. The number of benzene rings is 1. The topological polar surface area (TPSA) is 161 Å². The van der Waals surface area contributed by atoms with Crippen molar-refractivity contribution in [3.8, 4) is 0 Å². The number of carboxylic acid groups (broad SMARTS) is 1. The Morgan fingerprint density at radius 1 is 1.05 bits per heavy atom. The first kappa shape index (κ1) is 32.7. The van der Waals surface area contributed by atoms with Gasteiger partial charge in [-0.05, 0) is 43.9 Å². The van der Waals surface area contributed by atoms with E-state index in [0.717, 1.165) is 5.69 Å². The second-order valence-electron chi connectivity index (χ2n) is 10.7. The maximum absolute atomic E-state index is 12.5. The maximum atomic E-state index is 12.5. The van der Waals surface area contributed by atoms with Crippen molar-refractivity contribution in [2.45, 2.75) is 64.0 Å². The Labute approximate surface area is 243 Å². The molecule has 4 unspecified atom stereocenters. The van der Waals surface area contributed by atoms with E-state index in [-0.39, 0.29) is 29.5 Å². The van der Waals surface area contributed by atoms with E-state index in [2.05, 4.69) is 16.3 Å². The zero-order valence-electron chi connectivity index (χ0n) is 23.1. The number of hydrogen-bond acceptors (Lipinski definition) is 7. The normalized spacial score (nSPS) is 24.9. The molecule has 1 aliphatic carbocycles. The van der Waals surface area contributed by atoms with Crippen LogP contribution in [0.25, 0.3) is 0 Å². The van der Waals surface area contributed by atoms with Crippen LogP contribution in [0.4, 0.5) is 5.69 Å². The van der Waals surface area contributed by atoms with E-state index in [1.165, 1.54) is 6.08 Å². The van der Waals surface area contributed by atoms with Crippen molar-refractivity contribution < 1.29 is 35.8 Å². The molecule has 4 atom stereocenters. The number of rotatable bonds is 16. The van der Waals surface area contributed by atoms with Crippen LogP contribution in [0.15, 0.2) is 71.8 Å². The summed E-state index contributed by atoms with van der Waals surface area (Å²) in [7, 11) is -8.66. The van der Waals surface area contributed by atoms with Crippen LogP contribution >= 0.6 is 0 Å².